The predicted molar refractivity (Wildman–Crippen MR) is 75.0 cm³/mol. The number of likely N-dealkylation sites (tertiary alicyclic amines) is 1. The van der Waals surface area contributed by atoms with Gasteiger partial charge in [-0.05, 0) is 24.6 Å². The molecule has 6 heteroatoms. The minimum Gasteiger partial charge on any atom is -0.481 e. The van der Waals surface area contributed by atoms with E-state index in [4.69, 9.17) is 16.7 Å². The summed E-state index contributed by atoms with van der Waals surface area (Å²) in [5.41, 5.74) is 1.27. The smallest absolute Gasteiger partial charge is 0.308 e. The number of aliphatic carboxylic acids is 1. The van der Waals surface area contributed by atoms with E-state index in [2.05, 4.69) is 4.98 Å². The Morgan fingerprint density at radius 2 is 2.15 bits per heavy atom. The Hall–Kier alpha value is -2.01. The zero-order valence-electron chi connectivity index (χ0n) is 10.6. The molecule has 1 aromatic heterocycles. The van der Waals surface area contributed by atoms with Gasteiger partial charge in [0.2, 0.25) is 0 Å². The Bertz CT molecular complexity index is 695. The molecule has 104 valence electrons. The highest BCUT2D eigenvalue weighted by Gasteiger charge is 2.31. The fourth-order valence-corrected chi connectivity index (χ4v) is 2.70. The molecule has 1 saturated heterocycles. The molecule has 3 rings (SSSR count). The van der Waals surface area contributed by atoms with E-state index in [0.29, 0.717) is 23.7 Å². The number of carbonyl (C=O) groups excluding carboxylic acids is 1. The molecule has 5 nitrogen and oxygen atoms in total. The second kappa shape index (κ2) is 4.83. The summed E-state index contributed by atoms with van der Waals surface area (Å²) in [6.45, 7) is 0.746. The highest BCUT2D eigenvalue weighted by atomic mass is 35.5. The van der Waals surface area contributed by atoms with Crippen LogP contribution in [0.1, 0.15) is 16.9 Å². The topological polar surface area (TPSA) is 73.4 Å². The Morgan fingerprint density at radius 3 is 2.85 bits per heavy atom. The van der Waals surface area contributed by atoms with Crippen LogP contribution in [0.5, 0.6) is 0 Å². The second-order valence-electron chi connectivity index (χ2n) is 4.99. The van der Waals surface area contributed by atoms with E-state index in [1.807, 2.05) is 6.07 Å². The number of nitrogens with one attached hydrogen (secondary N) is 1. The maximum Gasteiger partial charge on any atom is 0.308 e. The summed E-state index contributed by atoms with van der Waals surface area (Å²) >= 11 is 5.91. The van der Waals surface area contributed by atoms with Crippen molar-refractivity contribution in [3.63, 3.8) is 0 Å². The van der Waals surface area contributed by atoms with Crippen LogP contribution in [0.3, 0.4) is 0 Å². The van der Waals surface area contributed by atoms with Crippen LogP contribution in [0.4, 0.5) is 0 Å². The monoisotopic (exact) mass is 292 g/mol. The minimum absolute atomic E-state index is 0.166. The van der Waals surface area contributed by atoms with E-state index in [1.165, 1.54) is 0 Å². The Labute approximate surface area is 120 Å². The van der Waals surface area contributed by atoms with Gasteiger partial charge in [-0.25, -0.2) is 0 Å². The van der Waals surface area contributed by atoms with Gasteiger partial charge in [-0.3, -0.25) is 9.59 Å². The number of hydrogen-bond donors (Lipinski definition) is 2. The lowest BCUT2D eigenvalue weighted by Gasteiger charge is -2.14. The number of aromatic amines is 1. The number of halogens is 1. The summed E-state index contributed by atoms with van der Waals surface area (Å²) in [7, 11) is 0. The average molecular weight is 293 g/mol. The van der Waals surface area contributed by atoms with Gasteiger partial charge in [0.25, 0.3) is 5.91 Å². The van der Waals surface area contributed by atoms with E-state index in [0.717, 1.165) is 10.9 Å². The summed E-state index contributed by atoms with van der Waals surface area (Å²) in [5.74, 6) is -1.47. The molecule has 1 aromatic carbocycles. The molecule has 0 saturated carbocycles. The summed E-state index contributed by atoms with van der Waals surface area (Å²) < 4.78 is 0. The van der Waals surface area contributed by atoms with Gasteiger partial charge in [-0.1, -0.05) is 17.7 Å². The number of rotatable bonds is 2. The maximum atomic E-state index is 12.3. The zero-order chi connectivity index (χ0) is 14.3. The van der Waals surface area contributed by atoms with Crippen molar-refractivity contribution in [1.82, 2.24) is 9.88 Å². The minimum atomic E-state index is -0.844. The summed E-state index contributed by atoms with van der Waals surface area (Å²) in [5, 5.41) is 10.5. The molecule has 1 aliphatic rings. The van der Waals surface area contributed by atoms with Crippen LogP contribution >= 0.6 is 11.6 Å². The Kier molecular flexibility index (Phi) is 3.14. The molecule has 0 radical (unpaired) electrons. The van der Waals surface area contributed by atoms with Crippen LogP contribution in [0, 0.1) is 5.92 Å². The van der Waals surface area contributed by atoms with Gasteiger partial charge in [-0.2, -0.15) is 0 Å². The lowest BCUT2D eigenvalue weighted by Crippen LogP contribution is -2.30. The van der Waals surface area contributed by atoms with Gasteiger partial charge in [0, 0.05) is 29.0 Å². The summed E-state index contributed by atoms with van der Waals surface area (Å²) in [6.07, 6.45) is 0.507. The largest absolute Gasteiger partial charge is 0.481 e. The van der Waals surface area contributed by atoms with Crippen molar-refractivity contribution in [1.29, 1.82) is 0 Å². The van der Waals surface area contributed by atoms with Gasteiger partial charge >= 0.3 is 5.97 Å². The number of aromatic nitrogens is 1. The van der Waals surface area contributed by atoms with Crippen molar-refractivity contribution in [2.75, 3.05) is 13.1 Å². The van der Waals surface area contributed by atoms with Crippen molar-refractivity contribution >= 4 is 34.4 Å². The third kappa shape index (κ3) is 2.25. The number of fused-ring (bicyclic) bond motifs is 1. The Balaban J connectivity index is 1.84. The standard InChI is InChI=1S/C14H13ClN2O3/c15-10-2-1-8-5-12(16-11(8)6-10)13(18)17-4-3-9(7-17)14(19)20/h1-2,5-6,9,16H,3-4,7H2,(H,19,20). The van der Waals surface area contributed by atoms with Crippen molar-refractivity contribution in [3.8, 4) is 0 Å². The van der Waals surface area contributed by atoms with Crippen molar-refractivity contribution < 1.29 is 14.7 Å². The lowest BCUT2D eigenvalue weighted by atomic mass is 10.1. The van der Waals surface area contributed by atoms with Gasteiger partial charge in [0.05, 0.1) is 5.92 Å². The number of H-pyrrole nitrogens is 1. The molecule has 0 bridgehead atoms. The van der Waals surface area contributed by atoms with Gasteiger partial charge < -0.3 is 15.0 Å². The number of amides is 1. The lowest BCUT2D eigenvalue weighted by molar-refractivity contribution is -0.141. The van der Waals surface area contributed by atoms with Crippen LogP contribution < -0.4 is 0 Å². The van der Waals surface area contributed by atoms with Crippen molar-refractivity contribution in [3.05, 3.63) is 35.0 Å². The molecular formula is C14H13ClN2O3. The molecule has 20 heavy (non-hydrogen) atoms. The van der Waals surface area contributed by atoms with Crippen molar-refractivity contribution in [2.24, 2.45) is 5.92 Å². The van der Waals surface area contributed by atoms with Gasteiger partial charge in [0.1, 0.15) is 5.69 Å². The molecule has 1 atom stereocenters. The van der Waals surface area contributed by atoms with E-state index in [-0.39, 0.29) is 12.5 Å². The number of carboxylic acids is 1. The zero-order valence-corrected chi connectivity index (χ0v) is 11.4. The average Bonchev–Trinajstić information content (AvgIpc) is 3.03. The molecule has 1 unspecified atom stereocenters. The highest BCUT2D eigenvalue weighted by molar-refractivity contribution is 6.31. The van der Waals surface area contributed by atoms with E-state index < -0.39 is 11.9 Å². The maximum absolute atomic E-state index is 12.3. The third-order valence-electron chi connectivity index (χ3n) is 3.64. The van der Waals surface area contributed by atoms with E-state index >= 15 is 0 Å². The molecule has 1 aliphatic heterocycles. The highest BCUT2D eigenvalue weighted by Crippen LogP contribution is 2.23. The molecule has 0 aliphatic carbocycles. The van der Waals surface area contributed by atoms with E-state index in [9.17, 15) is 9.59 Å². The molecule has 0 spiro atoms. The van der Waals surface area contributed by atoms with Crippen LogP contribution in [0.25, 0.3) is 10.9 Å². The molecule has 2 N–H and O–H groups in total. The fourth-order valence-electron chi connectivity index (χ4n) is 2.53. The quantitative estimate of drug-likeness (QED) is 0.892. The second-order valence-corrected chi connectivity index (χ2v) is 5.43. The summed E-state index contributed by atoms with van der Waals surface area (Å²) in [4.78, 5) is 27.9. The predicted octanol–water partition coefficient (Wildman–Crippen LogP) is 2.37. The number of carboxylic acid groups (broad SMARTS) is 1. The first kappa shape index (κ1) is 13.0. The van der Waals surface area contributed by atoms with Gasteiger partial charge in [-0.15, -0.1) is 0 Å². The SMILES string of the molecule is O=C(O)C1CCN(C(=O)c2cc3ccc(Cl)cc3[nH]2)C1. The fraction of sp³-hybridized carbons (Fsp3) is 0.286. The first-order chi connectivity index (χ1) is 9.54. The number of carbonyl (C=O) groups is 2. The molecule has 2 aromatic rings. The first-order valence-electron chi connectivity index (χ1n) is 6.35. The van der Waals surface area contributed by atoms with E-state index in [1.54, 1.807) is 23.1 Å². The van der Waals surface area contributed by atoms with Crippen LogP contribution in [0.15, 0.2) is 24.3 Å². The number of benzene rings is 1. The van der Waals surface area contributed by atoms with Crippen molar-refractivity contribution in [2.45, 2.75) is 6.42 Å². The van der Waals surface area contributed by atoms with Crippen LogP contribution in [-0.2, 0) is 4.79 Å². The first-order valence-corrected chi connectivity index (χ1v) is 6.73. The normalized spacial score (nSPS) is 18.6. The molecule has 2 heterocycles. The Morgan fingerprint density at radius 1 is 1.35 bits per heavy atom. The molecule has 1 fully saturated rings. The van der Waals surface area contributed by atoms with Crippen LogP contribution in [0.2, 0.25) is 5.02 Å². The molecular weight excluding hydrogens is 280 g/mol. The van der Waals surface area contributed by atoms with Crippen LogP contribution in [-0.4, -0.2) is 40.0 Å². The number of hydrogen-bond acceptors (Lipinski definition) is 2. The third-order valence-corrected chi connectivity index (χ3v) is 3.87. The summed E-state index contributed by atoms with van der Waals surface area (Å²) in [6, 6.07) is 7.14. The van der Waals surface area contributed by atoms with Gasteiger partial charge in [0.15, 0.2) is 0 Å². The number of nitrogens with zero attached hydrogens (tertiary/aromatic N) is 1. The molecule has 1 amide bonds.